The van der Waals surface area contributed by atoms with Crippen LogP contribution in [0.25, 0.3) is 11.3 Å². The van der Waals surface area contributed by atoms with Gasteiger partial charge < -0.3 is 19.3 Å². The molecule has 0 spiro atoms. The van der Waals surface area contributed by atoms with Gasteiger partial charge in [0, 0.05) is 95.9 Å². The quantitative estimate of drug-likeness (QED) is 0.348. The molecule has 0 radical (unpaired) electrons. The van der Waals surface area contributed by atoms with Gasteiger partial charge in [0.2, 0.25) is 11.9 Å². The predicted molar refractivity (Wildman–Crippen MR) is 193 cm³/mol. The van der Waals surface area contributed by atoms with Crippen molar-refractivity contribution in [2.75, 3.05) is 115 Å². The van der Waals surface area contributed by atoms with Crippen LogP contribution in [0.3, 0.4) is 0 Å². The molecule has 47 heavy (non-hydrogen) atoms. The molecular formula is C35H52N8O3S. The lowest BCUT2D eigenvalue weighted by Crippen LogP contribution is -2.56. The Kier molecular flexibility index (Phi) is 12.1. The molecule has 1 aromatic carbocycles. The van der Waals surface area contributed by atoms with E-state index in [1.165, 1.54) is 5.56 Å². The average molecular weight is 665 g/mol. The number of hydrogen-bond acceptors (Lipinski definition) is 10. The second-order valence-electron chi connectivity index (χ2n) is 13.5. The lowest BCUT2D eigenvalue weighted by molar-refractivity contribution is -0.132. The fourth-order valence-electron chi connectivity index (χ4n) is 5.93. The number of rotatable bonds is 7. The molecule has 256 valence electrons. The highest BCUT2D eigenvalue weighted by Gasteiger charge is 2.29. The van der Waals surface area contributed by atoms with E-state index >= 15 is 0 Å². The molecule has 3 aromatic rings. The summed E-state index contributed by atoms with van der Waals surface area (Å²) in [5.41, 5.74) is 3.89. The van der Waals surface area contributed by atoms with Crippen LogP contribution in [-0.4, -0.2) is 147 Å². The Labute approximate surface area is 282 Å². The van der Waals surface area contributed by atoms with Crippen molar-refractivity contribution in [2.24, 2.45) is 0 Å². The van der Waals surface area contributed by atoms with E-state index in [-0.39, 0.29) is 11.9 Å². The van der Waals surface area contributed by atoms with Crippen LogP contribution in [0, 0.1) is 0 Å². The number of carbonyl (C=O) groups is 1. The van der Waals surface area contributed by atoms with Crippen LogP contribution in [0.4, 0.5) is 17.5 Å². The summed E-state index contributed by atoms with van der Waals surface area (Å²) in [5, 5.41) is 0. The van der Waals surface area contributed by atoms with Crippen LogP contribution in [0.15, 0.2) is 54.9 Å². The summed E-state index contributed by atoms with van der Waals surface area (Å²) in [6, 6.07) is 14.8. The van der Waals surface area contributed by atoms with Crippen molar-refractivity contribution in [3.8, 4) is 11.3 Å². The molecule has 8 rings (SSSR count). The van der Waals surface area contributed by atoms with Crippen molar-refractivity contribution >= 4 is 33.4 Å². The zero-order valence-corrected chi connectivity index (χ0v) is 29.8. The maximum atomic E-state index is 13.2. The molecule has 1 saturated heterocycles. The minimum absolute atomic E-state index is 0.153. The van der Waals surface area contributed by atoms with E-state index in [4.69, 9.17) is 24.4 Å². The number of likely N-dealkylation sites (N-methyl/N-ethyl adjacent to an activating group) is 1. The van der Waals surface area contributed by atoms with E-state index in [0.29, 0.717) is 39.0 Å². The summed E-state index contributed by atoms with van der Waals surface area (Å²) in [6.45, 7) is 6.79. The molecule has 1 amide bonds. The van der Waals surface area contributed by atoms with Crippen molar-refractivity contribution < 1.29 is 14.3 Å². The minimum atomic E-state index is -0.676. The van der Waals surface area contributed by atoms with Crippen LogP contribution in [0.5, 0.6) is 0 Å². The smallest absolute Gasteiger partial charge is 0.236 e. The highest BCUT2D eigenvalue weighted by atomic mass is 32.3. The first-order valence-electron chi connectivity index (χ1n) is 16.4. The molecule has 11 nitrogen and oxygen atoms in total. The summed E-state index contributed by atoms with van der Waals surface area (Å²) in [5.74, 6) is 2.65. The number of pyridine rings is 1. The normalized spacial score (nSPS) is 21.7. The Hall–Kier alpha value is -3.29. The molecule has 7 heterocycles. The molecular weight excluding hydrogens is 613 g/mol. The average Bonchev–Trinajstić information content (AvgIpc) is 3.05. The van der Waals surface area contributed by atoms with Gasteiger partial charge in [0.05, 0.1) is 25.5 Å². The number of carbonyl (C=O) groups excluding carboxylic acids is 1. The molecule has 3 atom stereocenters. The zero-order chi connectivity index (χ0) is 33.4. The van der Waals surface area contributed by atoms with Crippen molar-refractivity contribution in [1.29, 1.82) is 0 Å². The Morgan fingerprint density at radius 3 is 2.55 bits per heavy atom. The first kappa shape index (κ1) is 35.0. The van der Waals surface area contributed by atoms with E-state index in [1.54, 1.807) is 7.11 Å². The molecule has 5 aliphatic rings. The third-order valence-corrected chi connectivity index (χ3v) is 10.2. The predicted octanol–water partition coefficient (Wildman–Crippen LogP) is 3.78. The number of piperazine rings is 1. The van der Waals surface area contributed by atoms with Crippen molar-refractivity contribution in [3.63, 3.8) is 0 Å². The molecule has 12 heteroatoms. The van der Waals surface area contributed by atoms with Gasteiger partial charge in [0.1, 0.15) is 12.5 Å². The van der Waals surface area contributed by atoms with E-state index in [9.17, 15) is 4.79 Å². The van der Waals surface area contributed by atoms with Crippen LogP contribution in [0.2, 0.25) is 0 Å². The monoisotopic (exact) mass is 664 g/mol. The maximum Gasteiger partial charge on any atom is 0.236 e. The second-order valence-corrected chi connectivity index (χ2v) is 18.1. The molecule has 0 N–H and O–H groups in total. The standard InChI is InChI=1S/C35H52N8O3S/c1-39-15-8-16-40(2)34(44)25-41-17-18-42(31(24-41)26-45-3)23-28-9-7-10-30(21-28)43(27-46-19-20-47(4,5)6)35-36-14-13-32(38-35)29-11-12-33(39)37-22-29/h7,9-14,21-22,31H,8,15-20,23-27H2,1-6H3. The van der Waals surface area contributed by atoms with Crippen LogP contribution < -0.4 is 9.80 Å². The number of anilines is 3. The lowest BCUT2D eigenvalue weighted by atomic mass is 10.1. The van der Waals surface area contributed by atoms with Crippen LogP contribution in [0.1, 0.15) is 12.0 Å². The number of hydrogen-bond donors (Lipinski definition) is 0. The SMILES string of the molecule is COCC1CN2CCN1Cc1cccc(c1)N(COCCS(C)(C)C)c1nccc(n1)-c1ccc(nc1)N(C)CCCN(C)C(=O)C2. The Morgan fingerprint density at radius 1 is 0.957 bits per heavy atom. The van der Waals surface area contributed by atoms with Gasteiger partial charge in [-0.3, -0.25) is 19.5 Å². The number of benzene rings is 1. The van der Waals surface area contributed by atoms with Gasteiger partial charge in [-0.1, -0.05) is 12.1 Å². The first-order valence-corrected chi connectivity index (χ1v) is 19.4. The van der Waals surface area contributed by atoms with Crippen molar-refractivity contribution in [2.45, 2.75) is 19.0 Å². The summed E-state index contributed by atoms with van der Waals surface area (Å²) < 4.78 is 11.9. The van der Waals surface area contributed by atoms with Gasteiger partial charge in [-0.25, -0.2) is 25.0 Å². The Morgan fingerprint density at radius 2 is 1.79 bits per heavy atom. The number of nitrogens with zero attached hydrogens (tertiary/aromatic N) is 8. The molecule has 0 saturated carbocycles. The fraction of sp³-hybridized carbons (Fsp3) is 0.543. The minimum Gasteiger partial charge on any atom is -0.383 e. The maximum absolute atomic E-state index is 13.2. The fourth-order valence-corrected chi connectivity index (χ4v) is 6.55. The molecule has 8 bridgehead atoms. The highest BCUT2D eigenvalue weighted by molar-refractivity contribution is 8.32. The summed E-state index contributed by atoms with van der Waals surface area (Å²) in [6.07, 6.45) is 11.4. The Bertz CT molecular complexity index is 1450. The third kappa shape index (κ3) is 9.86. The van der Waals surface area contributed by atoms with Gasteiger partial charge in [0.15, 0.2) is 0 Å². The number of methoxy groups -OCH3 is 1. The Balaban J connectivity index is 1.47. The lowest BCUT2D eigenvalue weighted by Gasteiger charge is -2.41. The molecule has 2 aromatic heterocycles. The highest BCUT2D eigenvalue weighted by Crippen LogP contribution is 2.34. The van der Waals surface area contributed by atoms with Gasteiger partial charge in [-0.2, -0.15) is 0 Å². The van der Waals surface area contributed by atoms with E-state index in [1.807, 2.05) is 43.5 Å². The number of amides is 1. The summed E-state index contributed by atoms with van der Waals surface area (Å²) in [4.78, 5) is 38.4. The van der Waals surface area contributed by atoms with Crippen LogP contribution in [-0.2, 0) is 20.8 Å². The van der Waals surface area contributed by atoms with Gasteiger partial charge >= 0.3 is 0 Å². The largest absolute Gasteiger partial charge is 0.383 e. The van der Waals surface area contributed by atoms with Gasteiger partial charge in [-0.15, -0.1) is 0 Å². The van der Waals surface area contributed by atoms with Crippen molar-refractivity contribution in [1.82, 2.24) is 29.7 Å². The van der Waals surface area contributed by atoms with Gasteiger partial charge in [0.25, 0.3) is 0 Å². The third-order valence-electron chi connectivity index (χ3n) is 8.81. The number of aromatic nitrogens is 3. The topological polar surface area (TPSA) is 90.4 Å². The summed E-state index contributed by atoms with van der Waals surface area (Å²) in [7, 11) is 5.02. The van der Waals surface area contributed by atoms with Crippen LogP contribution >= 0.6 is 10.0 Å². The van der Waals surface area contributed by atoms with E-state index < -0.39 is 10.0 Å². The number of ether oxygens (including phenoxy) is 2. The van der Waals surface area contributed by atoms with Gasteiger partial charge in [-0.05, 0) is 61.1 Å². The molecule has 0 aliphatic carbocycles. The second kappa shape index (κ2) is 16.2. The molecule has 1 fully saturated rings. The molecule has 5 aliphatic heterocycles. The van der Waals surface area contributed by atoms with E-state index in [2.05, 4.69) is 68.7 Å². The van der Waals surface area contributed by atoms with E-state index in [0.717, 1.165) is 67.7 Å². The first-order chi connectivity index (χ1) is 22.6. The zero-order valence-electron chi connectivity index (χ0n) is 29.0. The van der Waals surface area contributed by atoms with Crippen molar-refractivity contribution in [3.05, 3.63) is 60.4 Å². The molecule has 3 unspecified atom stereocenters. The summed E-state index contributed by atoms with van der Waals surface area (Å²) >= 11 is 0.